The van der Waals surface area contributed by atoms with Crippen LogP contribution in [0, 0.1) is 0 Å². The molecule has 40 heavy (non-hydrogen) atoms. The molecule has 5 nitrogen and oxygen atoms in total. The molecule has 0 aromatic heterocycles. The van der Waals surface area contributed by atoms with Gasteiger partial charge in [-0.3, -0.25) is 0 Å². The summed E-state index contributed by atoms with van der Waals surface area (Å²) in [4.78, 5) is 0. The average Bonchev–Trinajstić information content (AvgIpc) is 3.03. The molecule has 6 heteroatoms. The molecule has 1 aliphatic carbocycles. The largest absolute Gasteiger partial charge is 0.491 e. The maximum absolute atomic E-state index is 15.4. The van der Waals surface area contributed by atoms with Gasteiger partial charge in [-0.2, -0.15) is 0 Å². The summed E-state index contributed by atoms with van der Waals surface area (Å²) in [6.45, 7) is 0.428. The minimum atomic E-state index is -2.97. The predicted molar refractivity (Wildman–Crippen MR) is 161 cm³/mol. The lowest BCUT2D eigenvalue weighted by atomic mass is 9.65. The Balaban J connectivity index is 1.60. The van der Waals surface area contributed by atoms with Gasteiger partial charge in [0.25, 0.3) is 0 Å². The van der Waals surface area contributed by atoms with Crippen molar-refractivity contribution in [1.82, 2.24) is 0 Å². The summed E-state index contributed by atoms with van der Waals surface area (Å²) >= 11 is 0. The molecule has 4 aromatic rings. The molecule has 0 radical (unpaired) electrons. The second-order valence-electron chi connectivity index (χ2n) is 10.4. The van der Waals surface area contributed by atoms with Crippen LogP contribution in [0.3, 0.4) is 0 Å². The molecule has 1 atom stereocenters. The van der Waals surface area contributed by atoms with E-state index >= 15 is 4.57 Å². The van der Waals surface area contributed by atoms with Crippen LogP contribution < -0.4 is 20.1 Å². The van der Waals surface area contributed by atoms with E-state index in [1.807, 2.05) is 84.9 Å². The number of hydrogen-bond acceptors (Lipinski definition) is 5. The normalized spacial score (nSPS) is 16.8. The van der Waals surface area contributed by atoms with Crippen LogP contribution in [0.1, 0.15) is 36.8 Å². The van der Waals surface area contributed by atoms with Gasteiger partial charge >= 0.3 is 0 Å². The molecule has 0 spiro atoms. The van der Waals surface area contributed by atoms with Crippen LogP contribution in [-0.4, -0.2) is 42.3 Å². The van der Waals surface area contributed by atoms with Crippen molar-refractivity contribution in [2.75, 3.05) is 26.4 Å². The molecule has 4 aromatic carbocycles. The fraction of sp³-hybridized carbons (Fsp3) is 0.294. The van der Waals surface area contributed by atoms with Crippen molar-refractivity contribution < 1.29 is 24.3 Å². The van der Waals surface area contributed by atoms with E-state index in [0.29, 0.717) is 11.5 Å². The second-order valence-corrected chi connectivity index (χ2v) is 13.4. The van der Waals surface area contributed by atoms with Gasteiger partial charge in [-0.15, -0.1) is 0 Å². The maximum atomic E-state index is 15.4. The number of hydrogen-bond donors (Lipinski definition) is 2. The summed E-state index contributed by atoms with van der Waals surface area (Å²) in [7, 11) is -2.97. The zero-order valence-corrected chi connectivity index (χ0v) is 23.6. The van der Waals surface area contributed by atoms with Crippen molar-refractivity contribution >= 4 is 17.8 Å². The molecule has 0 amide bonds. The van der Waals surface area contributed by atoms with E-state index in [0.717, 1.165) is 47.4 Å². The van der Waals surface area contributed by atoms with Crippen LogP contribution in [0.15, 0.2) is 109 Å². The van der Waals surface area contributed by atoms with Gasteiger partial charge in [-0.1, -0.05) is 91.3 Å². The summed E-state index contributed by atoms with van der Waals surface area (Å²) < 4.78 is 26.7. The van der Waals surface area contributed by atoms with Gasteiger partial charge in [0, 0.05) is 21.7 Å². The van der Waals surface area contributed by atoms with Gasteiger partial charge in [-0.05, 0) is 54.7 Å². The Morgan fingerprint density at radius 1 is 0.675 bits per heavy atom. The lowest BCUT2D eigenvalue weighted by Gasteiger charge is -2.44. The van der Waals surface area contributed by atoms with Crippen molar-refractivity contribution in [2.45, 2.75) is 36.8 Å². The molecule has 0 bridgehead atoms. The first-order valence-electron chi connectivity index (χ1n) is 14.0. The second kappa shape index (κ2) is 12.9. The molecular formula is C34H37O5P. The zero-order chi connectivity index (χ0) is 27.8. The van der Waals surface area contributed by atoms with Crippen LogP contribution in [0.5, 0.6) is 11.5 Å². The molecule has 0 saturated heterocycles. The Labute approximate surface area is 236 Å². The quantitative estimate of drug-likeness (QED) is 0.233. The highest BCUT2D eigenvalue weighted by Gasteiger charge is 2.46. The van der Waals surface area contributed by atoms with E-state index in [2.05, 4.69) is 24.3 Å². The van der Waals surface area contributed by atoms with Crippen molar-refractivity contribution in [1.29, 1.82) is 0 Å². The van der Waals surface area contributed by atoms with Gasteiger partial charge in [-0.25, -0.2) is 0 Å². The van der Waals surface area contributed by atoms with E-state index in [-0.39, 0.29) is 37.5 Å². The summed E-state index contributed by atoms with van der Waals surface area (Å²) in [6.07, 6.45) is 3.50. The first-order chi connectivity index (χ1) is 19.6. The SMILES string of the molecule is O=P(c1ccccc1)(c1ccccc1)C1CCCC(c2ccc(OCCO)cc2)(c2ccc(OCCO)cc2)C1. The lowest BCUT2D eigenvalue weighted by Crippen LogP contribution is -2.39. The molecule has 0 aliphatic heterocycles. The highest BCUT2D eigenvalue weighted by molar-refractivity contribution is 7.79. The Morgan fingerprint density at radius 2 is 1.12 bits per heavy atom. The highest BCUT2D eigenvalue weighted by atomic mass is 31.2. The van der Waals surface area contributed by atoms with Crippen LogP contribution in [0.4, 0.5) is 0 Å². The molecule has 1 unspecified atom stereocenters. The molecule has 208 valence electrons. The van der Waals surface area contributed by atoms with Crippen molar-refractivity contribution in [3.05, 3.63) is 120 Å². The maximum Gasteiger partial charge on any atom is 0.146 e. The van der Waals surface area contributed by atoms with Gasteiger partial charge < -0.3 is 24.3 Å². The van der Waals surface area contributed by atoms with Crippen LogP contribution in [0.25, 0.3) is 0 Å². The number of aliphatic hydroxyl groups is 2. The summed E-state index contributed by atoms with van der Waals surface area (Å²) in [6, 6.07) is 36.3. The highest BCUT2D eigenvalue weighted by Crippen LogP contribution is 2.59. The van der Waals surface area contributed by atoms with Gasteiger partial charge in [0.05, 0.1) is 13.2 Å². The topological polar surface area (TPSA) is 76.0 Å². The Hall–Kier alpha value is -3.37. The first kappa shape index (κ1) is 28.2. The van der Waals surface area contributed by atoms with Crippen LogP contribution >= 0.6 is 7.14 Å². The van der Waals surface area contributed by atoms with E-state index in [4.69, 9.17) is 19.7 Å². The van der Waals surface area contributed by atoms with Crippen LogP contribution in [0.2, 0.25) is 0 Å². The average molecular weight is 557 g/mol. The predicted octanol–water partition coefficient (Wildman–Crippen LogP) is 5.67. The molecule has 1 saturated carbocycles. The molecule has 1 aliphatic rings. The van der Waals surface area contributed by atoms with E-state index in [1.54, 1.807) is 0 Å². The number of benzene rings is 4. The third kappa shape index (κ3) is 5.74. The van der Waals surface area contributed by atoms with Gasteiger partial charge in [0.15, 0.2) is 0 Å². The standard InChI is InChI=1S/C34H37O5P/c35-22-24-38-29-17-13-27(14-18-29)34(28-15-19-30(20-16-28)39-25-23-36)21-7-12-33(26-34)40(37,31-8-3-1-4-9-31)32-10-5-2-6-11-32/h1-6,8-11,13-20,33,35-36H,7,12,21-26H2. The lowest BCUT2D eigenvalue weighted by molar-refractivity contribution is 0.201. The molecule has 0 heterocycles. The molecule has 1 fully saturated rings. The summed E-state index contributed by atoms with van der Waals surface area (Å²) in [5.74, 6) is 1.43. The minimum Gasteiger partial charge on any atom is -0.491 e. The van der Waals surface area contributed by atoms with Crippen molar-refractivity contribution in [2.24, 2.45) is 0 Å². The number of ether oxygens (including phenoxy) is 2. The van der Waals surface area contributed by atoms with Crippen LogP contribution in [-0.2, 0) is 9.98 Å². The fourth-order valence-electron chi connectivity index (χ4n) is 6.18. The summed E-state index contributed by atoms with van der Waals surface area (Å²) in [5, 5.41) is 20.1. The van der Waals surface area contributed by atoms with Crippen molar-refractivity contribution in [3.63, 3.8) is 0 Å². The minimum absolute atomic E-state index is 0.0354. The third-order valence-electron chi connectivity index (χ3n) is 8.05. The van der Waals surface area contributed by atoms with E-state index < -0.39 is 7.14 Å². The first-order valence-corrected chi connectivity index (χ1v) is 15.8. The zero-order valence-electron chi connectivity index (χ0n) is 22.7. The summed E-state index contributed by atoms with van der Waals surface area (Å²) in [5.41, 5.74) is 1.92. The van der Waals surface area contributed by atoms with E-state index in [9.17, 15) is 0 Å². The molecule has 5 rings (SSSR count). The fourth-order valence-corrected chi connectivity index (χ4v) is 9.67. The Morgan fingerprint density at radius 3 is 1.55 bits per heavy atom. The molecule has 2 N–H and O–H groups in total. The number of aliphatic hydroxyl groups excluding tert-OH is 2. The Bertz CT molecular complexity index is 1290. The molecular weight excluding hydrogens is 519 g/mol. The van der Waals surface area contributed by atoms with Gasteiger partial charge in [0.2, 0.25) is 0 Å². The Kier molecular flexibility index (Phi) is 9.06. The van der Waals surface area contributed by atoms with E-state index in [1.165, 1.54) is 0 Å². The smallest absolute Gasteiger partial charge is 0.146 e. The number of rotatable bonds is 11. The third-order valence-corrected chi connectivity index (χ3v) is 11.7. The van der Waals surface area contributed by atoms with Gasteiger partial charge in [0.1, 0.15) is 31.9 Å². The monoisotopic (exact) mass is 556 g/mol. The van der Waals surface area contributed by atoms with Crippen molar-refractivity contribution in [3.8, 4) is 11.5 Å².